The molecular formula is C20H20ClN3O. The van der Waals surface area contributed by atoms with Gasteiger partial charge in [0.2, 0.25) is 0 Å². The molecule has 2 aromatic rings. The van der Waals surface area contributed by atoms with Crippen LogP contribution in [0.25, 0.3) is 0 Å². The number of nitrogens with one attached hydrogen (secondary N) is 2. The van der Waals surface area contributed by atoms with Crippen LogP contribution in [0.2, 0.25) is 5.02 Å². The molecule has 1 heterocycles. The summed E-state index contributed by atoms with van der Waals surface area (Å²) in [6.07, 6.45) is 0.893. The van der Waals surface area contributed by atoms with Gasteiger partial charge in [0.25, 0.3) is 5.91 Å². The fourth-order valence-electron chi connectivity index (χ4n) is 3.14. The Hall–Kier alpha value is -2.35. The number of hydrogen-bond donors (Lipinski definition) is 2. The number of carbonyl (C=O) groups excluding carboxylic acids is 1. The summed E-state index contributed by atoms with van der Waals surface area (Å²) in [5.41, 5.74) is 4.88. The molecule has 0 bridgehead atoms. The fourth-order valence-corrected chi connectivity index (χ4v) is 3.47. The van der Waals surface area contributed by atoms with E-state index in [0.717, 1.165) is 36.2 Å². The Morgan fingerprint density at radius 3 is 2.84 bits per heavy atom. The highest BCUT2D eigenvalue weighted by molar-refractivity contribution is 6.31. The van der Waals surface area contributed by atoms with Crippen LogP contribution in [0.5, 0.6) is 0 Å². The molecule has 0 atom stereocenters. The second-order valence-corrected chi connectivity index (χ2v) is 6.95. The van der Waals surface area contributed by atoms with Gasteiger partial charge in [-0.15, -0.1) is 0 Å². The van der Waals surface area contributed by atoms with Gasteiger partial charge >= 0.3 is 0 Å². The molecule has 0 fully saturated rings. The van der Waals surface area contributed by atoms with E-state index < -0.39 is 0 Å². The van der Waals surface area contributed by atoms with E-state index in [1.165, 1.54) is 0 Å². The molecule has 1 aliphatic heterocycles. The zero-order valence-electron chi connectivity index (χ0n) is 14.3. The normalized spacial score (nSPS) is 13.2. The zero-order valence-corrected chi connectivity index (χ0v) is 15.1. The molecule has 0 aliphatic carbocycles. The first-order chi connectivity index (χ1) is 12.0. The van der Waals surface area contributed by atoms with Gasteiger partial charge in [-0.3, -0.25) is 4.79 Å². The van der Waals surface area contributed by atoms with Crippen molar-refractivity contribution in [2.45, 2.75) is 32.7 Å². The minimum atomic E-state index is -0.244. The van der Waals surface area contributed by atoms with E-state index in [9.17, 15) is 10.1 Å². The summed E-state index contributed by atoms with van der Waals surface area (Å²) in [4.78, 5) is 12.6. The average Bonchev–Trinajstić information content (AvgIpc) is 2.61. The first-order valence-corrected chi connectivity index (χ1v) is 8.75. The van der Waals surface area contributed by atoms with Gasteiger partial charge in [0.15, 0.2) is 0 Å². The van der Waals surface area contributed by atoms with E-state index in [1.54, 1.807) is 18.2 Å². The lowest BCUT2D eigenvalue weighted by molar-refractivity contribution is 0.102. The van der Waals surface area contributed by atoms with Gasteiger partial charge in [0.1, 0.15) is 0 Å². The van der Waals surface area contributed by atoms with Crippen molar-refractivity contribution in [1.82, 2.24) is 5.32 Å². The lowest BCUT2D eigenvalue weighted by Crippen LogP contribution is -2.24. The van der Waals surface area contributed by atoms with Crippen molar-refractivity contribution in [1.29, 1.82) is 5.26 Å². The number of nitriles is 1. The summed E-state index contributed by atoms with van der Waals surface area (Å²) in [5.74, 6) is -0.00898. The third kappa shape index (κ3) is 3.68. The summed E-state index contributed by atoms with van der Waals surface area (Å²) in [6, 6.07) is 11.2. The van der Waals surface area contributed by atoms with Crippen LogP contribution < -0.4 is 10.6 Å². The van der Waals surface area contributed by atoms with Crippen LogP contribution in [0.4, 0.5) is 5.69 Å². The van der Waals surface area contributed by atoms with Gasteiger partial charge in [0, 0.05) is 22.8 Å². The zero-order chi connectivity index (χ0) is 18.0. The molecule has 0 saturated heterocycles. The number of benzene rings is 2. The highest BCUT2D eigenvalue weighted by atomic mass is 35.5. The fraction of sp³-hybridized carbons (Fsp3) is 0.300. The summed E-state index contributed by atoms with van der Waals surface area (Å²) in [5, 5.41) is 16.2. The van der Waals surface area contributed by atoms with E-state index in [1.807, 2.05) is 26.0 Å². The molecule has 25 heavy (non-hydrogen) atoms. The average molecular weight is 354 g/mol. The molecule has 3 rings (SSSR count). The molecule has 0 radical (unpaired) electrons. The third-order valence-corrected chi connectivity index (χ3v) is 4.81. The van der Waals surface area contributed by atoms with Crippen LogP contribution in [0.1, 0.15) is 52.4 Å². The van der Waals surface area contributed by atoms with Crippen molar-refractivity contribution in [2.75, 3.05) is 11.9 Å². The Balaban J connectivity index is 1.86. The Morgan fingerprint density at radius 1 is 1.32 bits per heavy atom. The maximum Gasteiger partial charge on any atom is 0.255 e. The van der Waals surface area contributed by atoms with Crippen LogP contribution >= 0.6 is 11.6 Å². The standard InChI is InChI=1S/C20H20ClN3O/c1-12(2)17-4-3-13(7-14(17)10-22)20(25)24-16-8-15-11-23-6-5-18(15)19(21)9-16/h3-4,7-9,12,23H,5-6,11H2,1-2H3,(H,24,25). The topological polar surface area (TPSA) is 64.9 Å². The van der Waals surface area contributed by atoms with E-state index in [4.69, 9.17) is 11.6 Å². The molecule has 1 aliphatic rings. The second kappa shape index (κ2) is 7.26. The number of nitrogens with zero attached hydrogens (tertiary/aromatic N) is 1. The number of hydrogen-bond acceptors (Lipinski definition) is 3. The molecule has 4 nitrogen and oxygen atoms in total. The maximum atomic E-state index is 12.6. The molecule has 0 aromatic heterocycles. The van der Waals surface area contributed by atoms with Gasteiger partial charge in [-0.05, 0) is 59.8 Å². The van der Waals surface area contributed by atoms with Crippen molar-refractivity contribution in [2.24, 2.45) is 0 Å². The van der Waals surface area contributed by atoms with Crippen LogP contribution in [-0.2, 0) is 13.0 Å². The molecule has 2 N–H and O–H groups in total. The largest absolute Gasteiger partial charge is 0.322 e. The number of amides is 1. The Morgan fingerprint density at radius 2 is 2.12 bits per heavy atom. The first kappa shape index (κ1) is 17.5. The van der Waals surface area contributed by atoms with Gasteiger partial charge in [-0.1, -0.05) is 31.5 Å². The van der Waals surface area contributed by atoms with E-state index >= 15 is 0 Å². The van der Waals surface area contributed by atoms with Crippen molar-refractivity contribution >= 4 is 23.2 Å². The van der Waals surface area contributed by atoms with Crippen LogP contribution in [0, 0.1) is 11.3 Å². The Kier molecular flexibility index (Phi) is 5.08. The first-order valence-electron chi connectivity index (χ1n) is 8.37. The minimum Gasteiger partial charge on any atom is -0.322 e. The maximum absolute atomic E-state index is 12.6. The summed E-state index contributed by atoms with van der Waals surface area (Å²) in [6.45, 7) is 5.72. The van der Waals surface area contributed by atoms with Crippen LogP contribution in [0.15, 0.2) is 30.3 Å². The molecule has 0 unspecified atom stereocenters. The molecule has 2 aromatic carbocycles. The lowest BCUT2D eigenvalue weighted by Gasteiger charge is -2.20. The summed E-state index contributed by atoms with van der Waals surface area (Å²) < 4.78 is 0. The highest BCUT2D eigenvalue weighted by Crippen LogP contribution is 2.28. The smallest absolute Gasteiger partial charge is 0.255 e. The molecule has 0 spiro atoms. The minimum absolute atomic E-state index is 0.235. The lowest BCUT2D eigenvalue weighted by atomic mass is 9.95. The van der Waals surface area contributed by atoms with E-state index in [0.29, 0.717) is 21.8 Å². The van der Waals surface area contributed by atoms with Gasteiger partial charge in [-0.2, -0.15) is 5.26 Å². The molecule has 5 heteroatoms. The van der Waals surface area contributed by atoms with Crippen molar-refractivity contribution in [3.63, 3.8) is 0 Å². The van der Waals surface area contributed by atoms with Crippen LogP contribution in [-0.4, -0.2) is 12.5 Å². The summed E-state index contributed by atoms with van der Waals surface area (Å²) >= 11 is 6.36. The quantitative estimate of drug-likeness (QED) is 0.867. The van der Waals surface area contributed by atoms with E-state index in [-0.39, 0.29) is 11.8 Å². The van der Waals surface area contributed by atoms with Crippen molar-refractivity contribution < 1.29 is 4.79 Å². The number of rotatable bonds is 3. The molecular weight excluding hydrogens is 334 g/mol. The van der Waals surface area contributed by atoms with Gasteiger partial charge in [-0.25, -0.2) is 0 Å². The van der Waals surface area contributed by atoms with Crippen LogP contribution in [0.3, 0.4) is 0 Å². The summed E-state index contributed by atoms with van der Waals surface area (Å²) in [7, 11) is 0. The molecule has 128 valence electrons. The number of carbonyl (C=O) groups is 1. The van der Waals surface area contributed by atoms with E-state index in [2.05, 4.69) is 16.7 Å². The number of fused-ring (bicyclic) bond motifs is 1. The number of anilines is 1. The van der Waals surface area contributed by atoms with Gasteiger partial charge in [0.05, 0.1) is 11.6 Å². The predicted octanol–water partition coefficient (Wildman–Crippen LogP) is 4.23. The second-order valence-electron chi connectivity index (χ2n) is 6.55. The highest BCUT2D eigenvalue weighted by Gasteiger charge is 2.16. The SMILES string of the molecule is CC(C)c1ccc(C(=O)Nc2cc(Cl)c3c(c2)CNCC3)cc1C#N. The van der Waals surface area contributed by atoms with Gasteiger partial charge < -0.3 is 10.6 Å². The molecule has 0 saturated carbocycles. The Labute approximate surface area is 152 Å². The Bertz CT molecular complexity index is 868. The predicted molar refractivity (Wildman–Crippen MR) is 100 cm³/mol. The van der Waals surface area contributed by atoms with Crippen molar-refractivity contribution in [3.05, 3.63) is 63.2 Å². The third-order valence-electron chi connectivity index (χ3n) is 4.47. The number of halogens is 1. The van der Waals surface area contributed by atoms with Crippen molar-refractivity contribution in [3.8, 4) is 6.07 Å². The monoisotopic (exact) mass is 353 g/mol. The molecule has 1 amide bonds.